The van der Waals surface area contributed by atoms with Gasteiger partial charge in [0.05, 0.1) is 6.10 Å². The van der Waals surface area contributed by atoms with E-state index in [0.717, 1.165) is 0 Å². The van der Waals surface area contributed by atoms with E-state index >= 15 is 0 Å². The normalized spacial score (nSPS) is 13.9. The van der Waals surface area contributed by atoms with Gasteiger partial charge in [-0.05, 0) is 6.42 Å². The molecule has 1 N–H and O–H groups in total. The molecule has 1 atom stereocenters. The van der Waals surface area contributed by atoms with Gasteiger partial charge in [0.15, 0.2) is 0 Å². The van der Waals surface area contributed by atoms with E-state index in [0.29, 0.717) is 6.42 Å². The number of ether oxygens (including phenoxy) is 1. The van der Waals surface area contributed by atoms with Gasteiger partial charge in [-0.3, -0.25) is 4.79 Å². The molecule has 0 aliphatic heterocycles. The second-order valence-electron chi connectivity index (χ2n) is 2.54. The van der Waals surface area contributed by atoms with Crippen LogP contribution < -0.4 is 0 Å². The van der Waals surface area contributed by atoms with Crippen molar-refractivity contribution in [3.63, 3.8) is 0 Å². The summed E-state index contributed by atoms with van der Waals surface area (Å²) >= 11 is 0. The number of hydrogen-bond acceptors (Lipinski definition) is 3. The average molecular weight is 200 g/mol. The van der Waals surface area contributed by atoms with Gasteiger partial charge in [-0.2, -0.15) is 13.2 Å². The molecule has 3 nitrogen and oxygen atoms in total. The maximum Gasteiger partial charge on any atom is 0.399 e. The van der Waals surface area contributed by atoms with Crippen LogP contribution in [0.5, 0.6) is 0 Å². The quantitative estimate of drug-likeness (QED) is 0.695. The molecule has 0 rings (SSSR count). The molecule has 13 heavy (non-hydrogen) atoms. The van der Waals surface area contributed by atoms with Gasteiger partial charge >= 0.3 is 12.1 Å². The summed E-state index contributed by atoms with van der Waals surface area (Å²) in [6.45, 7) is 1.24. The van der Waals surface area contributed by atoms with E-state index in [-0.39, 0.29) is 6.61 Å². The van der Waals surface area contributed by atoms with E-state index < -0.39 is 24.7 Å². The second-order valence-corrected chi connectivity index (χ2v) is 2.54. The number of carbonyl (C=O) groups excluding carboxylic acids is 1. The molecule has 0 amide bonds. The van der Waals surface area contributed by atoms with E-state index in [2.05, 4.69) is 4.74 Å². The number of aliphatic hydroxyl groups is 1. The molecular formula is C7H11F3O3. The predicted octanol–water partition coefficient (Wildman–Crippen LogP) is 1.25. The summed E-state index contributed by atoms with van der Waals surface area (Å²) in [5.74, 6) is -1.36. The van der Waals surface area contributed by atoms with Crippen molar-refractivity contribution in [1.82, 2.24) is 0 Å². The first-order valence-electron chi connectivity index (χ1n) is 3.75. The first-order chi connectivity index (χ1) is 5.85. The number of carbonyl (C=O) groups is 1. The lowest BCUT2D eigenvalue weighted by molar-refractivity contribution is -0.173. The molecule has 0 saturated heterocycles. The first-order valence-corrected chi connectivity index (χ1v) is 3.75. The maximum absolute atomic E-state index is 11.5. The van der Waals surface area contributed by atoms with Gasteiger partial charge in [0.25, 0.3) is 0 Å². The molecule has 0 aromatic rings. The number of aliphatic hydroxyl groups excluding tert-OH is 1. The number of halogens is 3. The van der Waals surface area contributed by atoms with Crippen molar-refractivity contribution < 1.29 is 27.8 Å². The number of esters is 1. The molecule has 0 saturated carbocycles. The fourth-order valence-electron chi connectivity index (χ4n) is 0.522. The summed E-state index contributed by atoms with van der Waals surface area (Å²) < 4.78 is 38.8. The Hall–Kier alpha value is -0.780. The van der Waals surface area contributed by atoms with Crippen molar-refractivity contribution in [3.8, 4) is 0 Å². The van der Waals surface area contributed by atoms with Crippen LogP contribution in [0.1, 0.15) is 19.8 Å². The zero-order chi connectivity index (χ0) is 10.5. The van der Waals surface area contributed by atoms with Crippen LogP contribution in [0.3, 0.4) is 0 Å². The molecule has 78 valence electrons. The van der Waals surface area contributed by atoms with Crippen LogP contribution in [0.2, 0.25) is 0 Å². The van der Waals surface area contributed by atoms with Crippen molar-refractivity contribution in [2.45, 2.75) is 32.0 Å². The summed E-state index contributed by atoms with van der Waals surface area (Å²) in [5.41, 5.74) is 0. The van der Waals surface area contributed by atoms with Crippen molar-refractivity contribution in [2.24, 2.45) is 0 Å². The lowest BCUT2D eigenvalue weighted by Gasteiger charge is -2.09. The zero-order valence-electron chi connectivity index (χ0n) is 7.10. The van der Waals surface area contributed by atoms with Crippen LogP contribution in [-0.4, -0.2) is 30.0 Å². The highest BCUT2D eigenvalue weighted by Gasteiger charge is 2.32. The van der Waals surface area contributed by atoms with E-state index in [1.54, 1.807) is 6.92 Å². The fraction of sp³-hybridized carbons (Fsp3) is 0.857. The molecule has 0 heterocycles. The molecule has 1 unspecified atom stereocenters. The Balaban J connectivity index is 3.64. The molecule has 0 aliphatic rings. The van der Waals surface area contributed by atoms with E-state index in [9.17, 15) is 18.0 Å². The molecule has 0 fully saturated rings. The summed E-state index contributed by atoms with van der Waals surface area (Å²) in [5, 5.41) is 8.85. The van der Waals surface area contributed by atoms with Crippen molar-refractivity contribution in [1.29, 1.82) is 0 Å². The summed E-state index contributed by atoms with van der Waals surface area (Å²) in [7, 11) is 0. The molecular weight excluding hydrogens is 189 g/mol. The number of hydrogen-bond donors (Lipinski definition) is 1. The SMILES string of the molecule is CCC(O)COC(=O)CC(F)(F)F. The standard InChI is InChI=1S/C7H11F3O3/c1-2-5(11)4-13-6(12)3-7(8,9)10/h5,11H,2-4H2,1H3. The Morgan fingerprint density at radius 3 is 2.46 bits per heavy atom. The van der Waals surface area contributed by atoms with Crippen LogP contribution in [0.25, 0.3) is 0 Å². The highest BCUT2D eigenvalue weighted by Crippen LogP contribution is 2.19. The van der Waals surface area contributed by atoms with Gasteiger partial charge in [-0.1, -0.05) is 6.92 Å². The van der Waals surface area contributed by atoms with Gasteiger partial charge in [0.1, 0.15) is 13.0 Å². The minimum Gasteiger partial charge on any atom is -0.463 e. The molecule has 0 bridgehead atoms. The predicted molar refractivity (Wildman–Crippen MR) is 37.9 cm³/mol. The third-order valence-electron chi connectivity index (χ3n) is 1.25. The summed E-state index contributed by atoms with van der Waals surface area (Å²) in [4.78, 5) is 10.4. The van der Waals surface area contributed by atoms with Crippen LogP contribution in [0.15, 0.2) is 0 Å². The van der Waals surface area contributed by atoms with Crippen LogP contribution >= 0.6 is 0 Å². The van der Waals surface area contributed by atoms with Crippen molar-refractivity contribution >= 4 is 5.97 Å². The van der Waals surface area contributed by atoms with Gasteiger partial charge in [-0.15, -0.1) is 0 Å². The highest BCUT2D eigenvalue weighted by molar-refractivity contribution is 5.70. The highest BCUT2D eigenvalue weighted by atomic mass is 19.4. The monoisotopic (exact) mass is 200 g/mol. The van der Waals surface area contributed by atoms with Gasteiger partial charge in [-0.25, -0.2) is 0 Å². The van der Waals surface area contributed by atoms with Gasteiger partial charge in [0.2, 0.25) is 0 Å². The minimum atomic E-state index is -4.55. The minimum absolute atomic E-state index is 0.333. The van der Waals surface area contributed by atoms with Crippen LogP contribution in [0.4, 0.5) is 13.2 Å². The smallest absolute Gasteiger partial charge is 0.399 e. The van der Waals surface area contributed by atoms with Crippen molar-refractivity contribution in [2.75, 3.05) is 6.61 Å². The van der Waals surface area contributed by atoms with E-state index in [4.69, 9.17) is 5.11 Å². The maximum atomic E-state index is 11.5. The average Bonchev–Trinajstić information content (AvgIpc) is 1.97. The summed E-state index contributed by atoms with van der Waals surface area (Å²) in [6, 6.07) is 0. The van der Waals surface area contributed by atoms with Crippen molar-refractivity contribution in [3.05, 3.63) is 0 Å². The van der Waals surface area contributed by atoms with Gasteiger partial charge < -0.3 is 9.84 Å². The Morgan fingerprint density at radius 2 is 2.08 bits per heavy atom. The third kappa shape index (κ3) is 7.58. The number of rotatable bonds is 4. The van der Waals surface area contributed by atoms with Crippen LogP contribution in [0, 0.1) is 0 Å². The molecule has 0 aromatic carbocycles. The topological polar surface area (TPSA) is 46.5 Å². The lowest BCUT2D eigenvalue weighted by Crippen LogP contribution is -2.22. The van der Waals surface area contributed by atoms with E-state index in [1.165, 1.54) is 0 Å². The number of alkyl halides is 3. The molecule has 6 heteroatoms. The third-order valence-corrected chi connectivity index (χ3v) is 1.25. The zero-order valence-corrected chi connectivity index (χ0v) is 7.10. The van der Waals surface area contributed by atoms with Gasteiger partial charge in [0, 0.05) is 0 Å². The molecule has 0 aromatic heterocycles. The Bertz CT molecular complexity index is 167. The first kappa shape index (κ1) is 12.2. The Morgan fingerprint density at radius 1 is 1.54 bits per heavy atom. The summed E-state index contributed by atoms with van der Waals surface area (Å²) in [6.07, 6.45) is -6.71. The molecule has 0 radical (unpaired) electrons. The van der Waals surface area contributed by atoms with Crippen LogP contribution in [-0.2, 0) is 9.53 Å². The fourth-order valence-corrected chi connectivity index (χ4v) is 0.522. The van der Waals surface area contributed by atoms with E-state index in [1.807, 2.05) is 0 Å². The largest absolute Gasteiger partial charge is 0.463 e. The molecule has 0 spiro atoms. The molecule has 0 aliphatic carbocycles. The Kier molecular flexibility index (Phi) is 4.76. The Labute approximate surface area is 73.5 Å². The second kappa shape index (κ2) is 5.06. The lowest BCUT2D eigenvalue weighted by atomic mass is 10.3.